The molecule has 2 fully saturated rings. The summed E-state index contributed by atoms with van der Waals surface area (Å²) in [6.07, 6.45) is 3.80. The SMILES string of the molecule is Cn1ncc(NC(=O)c2nc(-c3c(F)cccc3F)sc2N)c1N1CCC2(CCNC2=O)CC1. The minimum absolute atomic E-state index is 0.0131. The molecule has 2 aliphatic rings. The molecule has 1 spiro atoms. The summed E-state index contributed by atoms with van der Waals surface area (Å²) < 4.78 is 30.0. The lowest BCUT2D eigenvalue weighted by molar-refractivity contribution is -0.128. The summed E-state index contributed by atoms with van der Waals surface area (Å²) in [7, 11) is 1.77. The first-order valence-electron chi connectivity index (χ1n) is 10.9. The highest BCUT2D eigenvalue weighted by atomic mass is 32.1. The number of thiazole rings is 1. The van der Waals surface area contributed by atoms with Gasteiger partial charge in [-0.05, 0) is 31.4 Å². The molecule has 0 radical (unpaired) electrons. The number of anilines is 3. The highest BCUT2D eigenvalue weighted by Gasteiger charge is 2.45. The smallest absolute Gasteiger partial charge is 0.277 e. The van der Waals surface area contributed by atoms with E-state index in [0.717, 1.165) is 29.9 Å². The van der Waals surface area contributed by atoms with Crippen LogP contribution in [0.4, 0.5) is 25.3 Å². The molecule has 34 heavy (non-hydrogen) atoms. The summed E-state index contributed by atoms with van der Waals surface area (Å²) in [5.41, 5.74) is 5.70. The molecule has 178 valence electrons. The topological polar surface area (TPSA) is 118 Å². The van der Waals surface area contributed by atoms with Crippen molar-refractivity contribution in [2.45, 2.75) is 19.3 Å². The number of halogens is 2. The predicted molar refractivity (Wildman–Crippen MR) is 125 cm³/mol. The molecule has 3 aromatic rings. The standard InChI is InChI=1S/C22H23F2N7O2S/c1-30-20(31-9-6-22(7-10-31)5-8-26-21(22)33)14(11-27-30)28-18(32)16-17(25)34-19(29-16)15-12(23)3-2-4-13(15)24/h2-4,11H,5-10,25H2,1H3,(H,26,33)(H,28,32). The Bertz CT molecular complexity index is 1260. The molecule has 5 rings (SSSR count). The van der Waals surface area contributed by atoms with Gasteiger partial charge in [0.25, 0.3) is 5.91 Å². The Morgan fingerprint density at radius 2 is 1.94 bits per heavy atom. The maximum atomic E-state index is 14.2. The van der Waals surface area contributed by atoms with Gasteiger partial charge in [0.1, 0.15) is 27.3 Å². The normalized spacial score (nSPS) is 17.3. The van der Waals surface area contributed by atoms with Crippen molar-refractivity contribution in [3.05, 3.63) is 41.7 Å². The summed E-state index contributed by atoms with van der Waals surface area (Å²) in [6, 6.07) is 3.50. The van der Waals surface area contributed by atoms with Crippen LogP contribution in [0.3, 0.4) is 0 Å². The molecule has 1 aromatic carbocycles. The third-order valence-corrected chi connectivity index (χ3v) is 7.49. The van der Waals surface area contributed by atoms with Crippen molar-refractivity contribution in [3.63, 3.8) is 0 Å². The highest BCUT2D eigenvalue weighted by Crippen LogP contribution is 2.40. The zero-order valence-corrected chi connectivity index (χ0v) is 19.2. The number of nitrogen functional groups attached to an aromatic ring is 1. The first-order chi connectivity index (χ1) is 16.3. The number of nitrogens with one attached hydrogen (secondary N) is 2. The van der Waals surface area contributed by atoms with Crippen LogP contribution in [0.2, 0.25) is 0 Å². The maximum absolute atomic E-state index is 14.2. The van der Waals surface area contributed by atoms with Gasteiger partial charge >= 0.3 is 0 Å². The number of nitrogens with zero attached hydrogens (tertiary/aromatic N) is 4. The van der Waals surface area contributed by atoms with Crippen LogP contribution in [0, 0.1) is 17.0 Å². The molecule has 0 unspecified atom stereocenters. The van der Waals surface area contributed by atoms with Crippen LogP contribution in [-0.2, 0) is 11.8 Å². The monoisotopic (exact) mass is 487 g/mol. The van der Waals surface area contributed by atoms with Gasteiger partial charge < -0.3 is 21.3 Å². The van der Waals surface area contributed by atoms with Crippen LogP contribution in [-0.4, -0.2) is 46.2 Å². The van der Waals surface area contributed by atoms with Crippen LogP contribution in [0.1, 0.15) is 29.8 Å². The van der Waals surface area contributed by atoms with Crippen molar-refractivity contribution in [3.8, 4) is 10.6 Å². The van der Waals surface area contributed by atoms with Crippen LogP contribution >= 0.6 is 11.3 Å². The molecule has 2 aliphatic heterocycles. The molecule has 2 saturated heterocycles. The van der Waals surface area contributed by atoms with Crippen molar-refractivity contribution in [1.82, 2.24) is 20.1 Å². The Labute approximate surface area is 198 Å². The number of rotatable bonds is 4. The summed E-state index contributed by atoms with van der Waals surface area (Å²) in [6.45, 7) is 2.00. The molecule has 0 saturated carbocycles. The van der Waals surface area contributed by atoms with Gasteiger partial charge in [-0.15, -0.1) is 0 Å². The molecule has 4 N–H and O–H groups in total. The second-order valence-corrected chi connectivity index (χ2v) is 9.59. The van der Waals surface area contributed by atoms with Gasteiger partial charge in [0.2, 0.25) is 5.91 Å². The number of hydrogen-bond acceptors (Lipinski definition) is 7. The van der Waals surface area contributed by atoms with Gasteiger partial charge in [0.15, 0.2) is 11.5 Å². The molecule has 0 bridgehead atoms. The number of piperidine rings is 1. The Hall–Kier alpha value is -3.54. The van der Waals surface area contributed by atoms with Gasteiger partial charge in [-0.2, -0.15) is 5.10 Å². The lowest BCUT2D eigenvalue weighted by Gasteiger charge is -2.38. The Morgan fingerprint density at radius 1 is 1.24 bits per heavy atom. The average molecular weight is 488 g/mol. The Balaban J connectivity index is 1.36. The number of aromatic nitrogens is 3. The van der Waals surface area contributed by atoms with Crippen molar-refractivity contribution < 1.29 is 18.4 Å². The van der Waals surface area contributed by atoms with Crippen LogP contribution < -0.4 is 21.3 Å². The second-order valence-electron chi connectivity index (χ2n) is 8.56. The fourth-order valence-corrected chi connectivity index (χ4v) is 5.60. The number of carbonyl (C=O) groups excluding carboxylic acids is 2. The van der Waals surface area contributed by atoms with Crippen molar-refractivity contribution >= 4 is 39.7 Å². The van der Waals surface area contributed by atoms with E-state index < -0.39 is 17.5 Å². The minimum Gasteiger partial charge on any atom is -0.389 e. The second kappa shape index (κ2) is 8.35. The molecule has 2 aromatic heterocycles. The summed E-state index contributed by atoms with van der Waals surface area (Å²) in [4.78, 5) is 31.5. The first-order valence-corrected chi connectivity index (χ1v) is 11.7. The van der Waals surface area contributed by atoms with Crippen LogP contribution in [0.25, 0.3) is 10.6 Å². The summed E-state index contributed by atoms with van der Waals surface area (Å²) in [5.74, 6) is -1.35. The van der Waals surface area contributed by atoms with E-state index >= 15 is 0 Å². The van der Waals surface area contributed by atoms with Crippen molar-refractivity contribution in [2.75, 3.05) is 35.6 Å². The number of aryl methyl sites for hydroxylation is 1. The molecule has 2 amide bonds. The van der Waals surface area contributed by atoms with Crippen LogP contribution in [0.5, 0.6) is 0 Å². The molecule has 0 atom stereocenters. The largest absolute Gasteiger partial charge is 0.389 e. The zero-order chi connectivity index (χ0) is 24.0. The van der Waals surface area contributed by atoms with Crippen molar-refractivity contribution in [2.24, 2.45) is 12.5 Å². The third-order valence-electron chi connectivity index (χ3n) is 6.59. The number of carbonyl (C=O) groups is 2. The first kappa shape index (κ1) is 22.3. The molecular weight excluding hydrogens is 464 g/mol. The van der Waals surface area contributed by atoms with E-state index in [1.165, 1.54) is 12.3 Å². The van der Waals surface area contributed by atoms with Crippen molar-refractivity contribution in [1.29, 1.82) is 0 Å². The molecule has 0 aliphatic carbocycles. The van der Waals surface area contributed by atoms with E-state index in [0.29, 0.717) is 44.0 Å². The Kier molecular flexibility index (Phi) is 5.47. The molecular formula is C22H23F2N7O2S. The fourth-order valence-electron chi connectivity index (χ4n) is 4.72. The average Bonchev–Trinajstić information content (AvgIpc) is 3.47. The number of amides is 2. The summed E-state index contributed by atoms with van der Waals surface area (Å²) in [5, 5.41) is 10.0. The van der Waals surface area contributed by atoms with Gasteiger partial charge in [-0.25, -0.2) is 13.8 Å². The molecule has 12 heteroatoms. The summed E-state index contributed by atoms with van der Waals surface area (Å²) >= 11 is 0.840. The molecule has 4 heterocycles. The number of benzene rings is 1. The maximum Gasteiger partial charge on any atom is 0.277 e. The van der Waals surface area contributed by atoms with E-state index in [1.54, 1.807) is 11.7 Å². The highest BCUT2D eigenvalue weighted by molar-refractivity contribution is 7.19. The Morgan fingerprint density at radius 3 is 2.59 bits per heavy atom. The lowest BCUT2D eigenvalue weighted by Crippen LogP contribution is -2.44. The van der Waals surface area contributed by atoms with E-state index in [2.05, 4.69) is 25.6 Å². The molecule has 9 nitrogen and oxygen atoms in total. The van der Waals surface area contributed by atoms with Crippen LogP contribution in [0.15, 0.2) is 24.4 Å². The number of nitrogens with two attached hydrogens (primary N) is 1. The lowest BCUT2D eigenvalue weighted by atomic mass is 9.77. The predicted octanol–water partition coefficient (Wildman–Crippen LogP) is 2.76. The van der Waals surface area contributed by atoms with E-state index in [4.69, 9.17) is 5.73 Å². The van der Waals surface area contributed by atoms with E-state index in [9.17, 15) is 18.4 Å². The van der Waals surface area contributed by atoms with Gasteiger partial charge in [-0.1, -0.05) is 17.4 Å². The van der Waals surface area contributed by atoms with Gasteiger partial charge in [-0.3, -0.25) is 14.3 Å². The number of hydrogen-bond donors (Lipinski definition) is 3. The van der Waals surface area contributed by atoms with Gasteiger partial charge in [0.05, 0.1) is 17.2 Å². The quantitative estimate of drug-likeness (QED) is 0.521. The van der Waals surface area contributed by atoms with E-state index in [-0.39, 0.29) is 32.6 Å². The minimum atomic E-state index is -0.783. The zero-order valence-electron chi connectivity index (χ0n) is 18.4. The third kappa shape index (κ3) is 3.67. The van der Waals surface area contributed by atoms with Gasteiger partial charge in [0, 0.05) is 26.7 Å². The van der Waals surface area contributed by atoms with E-state index in [1.807, 2.05) is 0 Å². The fraction of sp³-hybridized carbons (Fsp3) is 0.364.